The molecule has 154 valence electrons. The molecule has 10 heteroatoms. The molecule has 2 atom stereocenters. The van der Waals surface area contributed by atoms with E-state index >= 15 is 0 Å². The zero-order valence-electron chi connectivity index (χ0n) is 16.1. The van der Waals surface area contributed by atoms with Gasteiger partial charge in [0.25, 0.3) is 11.4 Å². The van der Waals surface area contributed by atoms with E-state index in [4.69, 9.17) is 20.9 Å². The van der Waals surface area contributed by atoms with Crippen LogP contribution in [0.25, 0.3) is 28.1 Å². The Kier molecular flexibility index (Phi) is 3.69. The number of imidazole rings is 1. The predicted molar refractivity (Wildman–Crippen MR) is 107 cm³/mol. The van der Waals surface area contributed by atoms with Gasteiger partial charge in [0.2, 0.25) is 5.82 Å². The summed E-state index contributed by atoms with van der Waals surface area (Å²) in [4.78, 5) is 22.4. The van der Waals surface area contributed by atoms with E-state index in [-0.39, 0.29) is 23.4 Å². The molecule has 1 saturated carbocycles. The first kappa shape index (κ1) is 18.1. The Hall–Kier alpha value is -2.75. The van der Waals surface area contributed by atoms with Crippen LogP contribution in [0.1, 0.15) is 44.7 Å². The summed E-state index contributed by atoms with van der Waals surface area (Å²) in [6.07, 6.45) is 3.98. The van der Waals surface area contributed by atoms with Crippen molar-refractivity contribution in [1.29, 1.82) is 0 Å². The van der Waals surface area contributed by atoms with Crippen LogP contribution in [-0.2, 0) is 10.3 Å². The zero-order chi connectivity index (χ0) is 20.6. The molecule has 2 unspecified atom stereocenters. The third-order valence-electron chi connectivity index (χ3n) is 5.90. The number of hydrogen-bond acceptors (Lipinski definition) is 7. The summed E-state index contributed by atoms with van der Waals surface area (Å²) in [6.45, 7) is 1.99. The van der Waals surface area contributed by atoms with Crippen molar-refractivity contribution in [1.82, 2.24) is 24.1 Å². The second kappa shape index (κ2) is 6.13. The van der Waals surface area contributed by atoms with E-state index in [1.165, 1.54) is 0 Å². The van der Waals surface area contributed by atoms with Crippen LogP contribution in [0.5, 0.6) is 0 Å². The monoisotopic (exact) mass is 427 g/mol. The molecule has 0 bridgehead atoms. The van der Waals surface area contributed by atoms with Crippen LogP contribution in [-0.4, -0.2) is 35.3 Å². The van der Waals surface area contributed by atoms with Crippen molar-refractivity contribution < 1.29 is 14.4 Å². The first-order chi connectivity index (χ1) is 14.4. The number of hydrogen-bond donors (Lipinski definition) is 1. The maximum atomic E-state index is 13.7. The van der Waals surface area contributed by atoms with Crippen LogP contribution >= 0.6 is 11.6 Å². The maximum Gasteiger partial charge on any atom is 0.279 e. The normalized spacial score (nSPS) is 22.9. The van der Waals surface area contributed by atoms with E-state index in [1.54, 1.807) is 27.4 Å². The third-order valence-corrected chi connectivity index (χ3v) is 6.14. The molecular formula is C20H18ClN5O4. The van der Waals surface area contributed by atoms with E-state index in [2.05, 4.69) is 15.1 Å². The number of aromatic nitrogens is 5. The molecule has 9 nitrogen and oxygen atoms in total. The average molecular weight is 428 g/mol. The highest BCUT2D eigenvalue weighted by molar-refractivity contribution is 6.31. The lowest BCUT2D eigenvalue weighted by atomic mass is 10.2. The molecule has 2 fully saturated rings. The Morgan fingerprint density at radius 3 is 2.83 bits per heavy atom. The minimum Gasteiger partial charge on any atom is -0.380 e. The summed E-state index contributed by atoms with van der Waals surface area (Å²) in [5.41, 5.74) is 0.731. The molecule has 6 rings (SSSR count). The highest BCUT2D eigenvalue weighted by Gasteiger charge is 2.48. The number of rotatable bonds is 3. The first-order valence-corrected chi connectivity index (χ1v) is 10.3. The van der Waals surface area contributed by atoms with Crippen molar-refractivity contribution in [2.75, 3.05) is 0 Å². The van der Waals surface area contributed by atoms with Crippen LogP contribution in [0, 0.1) is 0 Å². The quantitative estimate of drug-likeness (QED) is 0.535. The Balaban J connectivity index is 1.63. The summed E-state index contributed by atoms with van der Waals surface area (Å²) in [5, 5.41) is 14.7. The van der Waals surface area contributed by atoms with Crippen LogP contribution in [0.2, 0.25) is 5.02 Å². The number of ether oxygens (including phenoxy) is 1. The van der Waals surface area contributed by atoms with Crippen LogP contribution in [0.15, 0.2) is 33.8 Å². The fourth-order valence-corrected chi connectivity index (χ4v) is 4.28. The molecule has 0 amide bonds. The Bertz CT molecular complexity index is 1370. The minimum absolute atomic E-state index is 0.0655. The summed E-state index contributed by atoms with van der Waals surface area (Å²) >= 11 is 6.24. The first-order valence-electron chi connectivity index (χ1n) is 9.88. The van der Waals surface area contributed by atoms with Gasteiger partial charge in [0.1, 0.15) is 29.4 Å². The number of halogens is 1. The van der Waals surface area contributed by atoms with Gasteiger partial charge in [-0.1, -0.05) is 16.8 Å². The van der Waals surface area contributed by atoms with Gasteiger partial charge in [0.15, 0.2) is 0 Å². The van der Waals surface area contributed by atoms with E-state index < -0.39 is 11.8 Å². The number of aliphatic hydroxyl groups is 1. The minimum atomic E-state index is -1.06. The molecule has 4 heterocycles. The maximum absolute atomic E-state index is 13.7. The predicted octanol–water partition coefficient (Wildman–Crippen LogP) is 3.03. The van der Waals surface area contributed by atoms with Gasteiger partial charge >= 0.3 is 0 Å². The third kappa shape index (κ3) is 2.55. The van der Waals surface area contributed by atoms with E-state index in [1.807, 2.05) is 13.0 Å². The van der Waals surface area contributed by atoms with Crippen molar-refractivity contribution in [2.24, 2.45) is 0 Å². The molecule has 1 aromatic carbocycles. The van der Waals surface area contributed by atoms with Crippen LogP contribution < -0.4 is 5.56 Å². The standard InChI is InChI=1S/C20H18ClN5O4/c1-10-2-5-14(29-10)26-13-8-11(21)3-4-12(13)25-9-22-15(16(25)18(26)27)17-23-19(30-24-17)20(28)6-7-20/h3-4,8-10,14,28H,2,5-7H2,1H3. The van der Waals surface area contributed by atoms with Gasteiger partial charge in [-0.2, -0.15) is 4.98 Å². The number of fused-ring (bicyclic) bond motifs is 3. The average Bonchev–Trinajstić information content (AvgIpc) is 3.14. The lowest BCUT2D eigenvalue weighted by Gasteiger charge is -2.19. The molecule has 1 aliphatic carbocycles. The van der Waals surface area contributed by atoms with Crippen LogP contribution in [0.3, 0.4) is 0 Å². The van der Waals surface area contributed by atoms with Crippen molar-refractivity contribution in [2.45, 2.75) is 50.5 Å². The number of nitrogens with zero attached hydrogens (tertiary/aromatic N) is 5. The largest absolute Gasteiger partial charge is 0.380 e. The molecule has 1 N–H and O–H groups in total. The molecule has 30 heavy (non-hydrogen) atoms. The fraction of sp³-hybridized carbons (Fsp3) is 0.400. The molecule has 0 radical (unpaired) electrons. The molecule has 2 aliphatic rings. The molecule has 0 spiro atoms. The van der Waals surface area contributed by atoms with Crippen molar-refractivity contribution in [3.63, 3.8) is 0 Å². The van der Waals surface area contributed by atoms with Gasteiger partial charge in [-0.25, -0.2) is 4.98 Å². The molecule has 4 aromatic rings. The van der Waals surface area contributed by atoms with Crippen molar-refractivity contribution in [3.8, 4) is 11.5 Å². The lowest BCUT2D eigenvalue weighted by molar-refractivity contribution is 0.0118. The Morgan fingerprint density at radius 2 is 2.10 bits per heavy atom. The van der Waals surface area contributed by atoms with Crippen molar-refractivity contribution in [3.05, 3.63) is 45.8 Å². The second-order valence-electron chi connectivity index (χ2n) is 8.05. The highest BCUT2D eigenvalue weighted by atomic mass is 35.5. The van der Waals surface area contributed by atoms with Gasteiger partial charge in [-0.3, -0.25) is 13.8 Å². The molecule has 3 aromatic heterocycles. The summed E-state index contributed by atoms with van der Waals surface area (Å²) in [5.74, 6) is 0.324. The lowest BCUT2D eigenvalue weighted by Crippen LogP contribution is -2.27. The van der Waals surface area contributed by atoms with Gasteiger partial charge in [-0.15, -0.1) is 0 Å². The molecule has 1 saturated heterocycles. The second-order valence-corrected chi connectivity index (χ2v) is 8.49. The number of benzene rings is 1. The Morgan fingerprint density at radius 1 is 1.27 bits per heavy atom. The van der Waals surface area contributed by atoms with Gasteiger partial charge < -0.3 is 14.4 Å². The topological polar surface area (TPSA) is 108 Å². The zero-order valence-corrected chi connectivity index (χ0v) is 16.8. The summed E-state index contributed by atoms with van der Waals surface area (Å²) < 4.78 is 14.6. The van der Waals surface area contributed by atoms with E-state index in [9.17, 15) is 9.90 Å². The highest BCUT2D eigenvalue weighted by Crippen LogP contribution is 2.44. The molecule has 1 aliphatic heterocycles. The van der Waals surface area contributed by atoms with E-state index in [0.717, 1.165) is 18.4 Å². The fourth-order valence-electron chi connectivity index (χ4n) is 4.11. The summed E-state index contributed by atoms with van der Waals surface area (Å²) in [7, 11) is 0. The van der Waals surface area contributed by atoms with E-state index in [0.29, 0.717) is 34.6 Å². The van der Waals surface area contributed by atoms with Gasteiger partial charge in [0, 0.05) is 5.02 Å². The van der Waals surface area contributed by atoms with Gasteiger partial charge in [0.05, 0.1) is 17.1 Å². The van der Waals surface area contributed by atoms with Crippen molar-refractivity contribution >= 4 is 28.2 Å². The SMILES string of the molecule is CC1CCC(n2c(=O)c3c(-c4noc(C5(O)CC5)n4)ncn3c3ccc(Cl)cc32)O1. The smallest absolute Gasteiger partial charge is 0.279 e. The Labute approximate surface area is 174 Å². The summed E-state index contributed by atoms with van der Waals surface area (Å²) in [6, 6.07) is 5.38. The van der Waals surface area contributed by atoms with Crippen LogP contribution in [0.4, 0.5) is 0 Å². The van der Waals surface area contributed by atoms with Gasteiger partial charge in [-0.05, 0) is 50.8 Å². The molecular weight excluding hydrogens is 410 g/mol.